The third-order valence-electron chi connectivity index (χ3n) is 3.48. The summed E-state index contributed by atoms with van der Waals surface area (Å²) in [6.07, 6.45) is 8.37. The molecular formula is C15H25N. The van der Waals surface area contributed by atoms with Gasteiger partial charge in [0.15, 0.2) is 0 Å². The van der Waals surface area contributed by atoms with Crippen LogP contribution in [0, 0.1) is 6.92 Å². The molecule has 16 heavy (non-hydrogen) atoms. The summed E-state index contributed by atoms with van der Waals surface area (Å²) < 4.78 is 0. The maximum atomic E-state index is 4.29. The average Bonchev–Trinajstić information content (AvgIpc) is 2.27. The van der Waals surface area contributed by atoms with Crippen LogP contribution in [0.4, 0.5) is 0 Å². The van der Waals surface area contributed by atoms with Gasteiger partial charge in [-0.1, -0.05) is 40.0 Å². The van der Waals surface area contributed by atoms with Crippen LogP contribution in [0.25, 0.3) is 0 Å². The van der Waals surface area contributed by atoms with Gasteiger partial charge in [-0.25, -0.2) is 0 Å². The van der Waals surface area contributed by atoms with E-state index in [9.17, 15) is 0 Å². The van der Waals surface area contributed by atoms with Crippen LogP contribution in [-0.4, -0.2) is 4.98 Å². The first kappa shape index (κ1) is 13.2. The predicted molar refractivity (Wildman–Crippen MR) is 70.8 cm³/mol. The Morgan fingerprint density at radius 3 is 2.50 bits per heavy atom. The van der Waals surface area contributed by atoms with E-state index in [1.54, 1.807) is 0 Å². The highest BCUT2D eigenvalue weighted by molar-refractivity contribution is 5.24. The lowest BCUT2D eigenvalue weighted by atomic mass is 9.75. The first-order chi connectivity index (χ1) is 7.62. The summed E-state index contributed by atoms with van der Waals surface area (Å²) >= 11 is 0. The van der Waals surface area contributed by atoms with Crippen molar-refractivity contribution in [1.29, 1.82) is 0 Å². The minimum Gasteiger partial charge on any atom is -0.262 e. The summed E-state index contributed by atoms with van der Waals surface area (Å²) in [6.45, 7) is 9.03. The summed E-state index contributed by atoms with van der Waals surface area (Å²) in [5.41, 5.74) is 2.95. The highest BCUT2D eigenvalue weighted by Crippen LogP contribution is 2.34. The van der Waals surface area contributed by atoms with Gasteiger partial charge in [-0.05, 0) is 42.9 Å². The Labute approximate surface area is 100 Å². The van der Waals surface area contributed by atoms with Crippen LogP contribution in [0.2, 0.25) is 0 Å². The van der Waals surface area contributed by atoms with Crippen molar-refractivity contribution >= 4 is 0 Å². The molecule has 90 valence electrons. The fourth-order valence-corrected chi connectivity index (χ4v) is 2.45. The molecule has 1 aromatic rings. The lowest BCUT2D eigenvalue weighted by Gasteiger charge is -2.30. The number of hydrogen-bond acceptors (Lipinski definition) is 1. The van der Waals surface area contributed by atoms with Crippen LogP contribution < -0.4 is 0 Å². The molecule has 0 fully saturated rings. The maximum Gasteiger partial charge on any atom is 0.0375 e. The Balaban J connectivity index is 2.91. The van der Waals surface area contributed by atoms with Crippen molar-refractivity contribution in [2.45, 2.75) is 65.2 Å². The van der Waals surface area contributed by atoms with Crippen molar-refractivity contribution in [3.63, 3.8) is 0 Å². The maximum absolute atomic E-state index is 4.29. The fraction of sp³-hybridized carbons (Fsp3) is 0.667. The highest BCUT2D eigenvalue weighted by Gasteiger charge is 2.24. The van der Waals surface area contributed by atoms with Crippen molar-refractivity contribution in [2.75, 3.05) is 0 Å². The van der Waals surface area contributed by atoms with Crippen molar-refractivity contribution in [2.24, 2.45) is 0 Å². The summed E-state index contributed by atoms with van der Waals surface area (Å²) in [4.78, 5) is 4.29. The SMILES string of the molecule is CCCCC(C)(CCC)c1ccnc(C)c1. The summed E-state index contributed by atoms with van der Waals surface area (Å²) in [5, 5.41) is 0. The van der Waals surface area contributed by atoms with Crippen LogP contribution in [0.5, 0.6) is 0 Å². The Morgan fingerprint density at radius 1 is 1.19 bits per heavy atom. The molecule has 0 N–H and O–H groups in total. The molecule has 1 heterocycles. The number of unbranched alkanes of at least 4 members (excludes halogenated alkanes) is 1. The highest BCUT2D eigenvalue weighted by atomic mass is 14.6. The van der Waals surface area contributed by atoms with Gasteiger partial charge in [0.2, 0.25) is 0 Å². The Hall–Kier alpha value is -0.850. The largest absolute Gasteiger partial charge is 0.262 e. The molecule has 0 aliphatic carbocycles. The molecule has 1 rings (SSSR count). The molecule has 1 atom stereocenters. The van der Waals surface area contributed by atoms with Crippen LogP contribution >= 0.6 is 0 Å². The summed E-state index contributed by atoms with van der Waals surface area (Å²) in [5.74, 6) is 0. The molecule has 0 aliphatic heterocycles. The molecular weight excluding hydrogens is 194 g/mol. The van der Waals surface area contributed by atoms with Gasteiger partial charge in [-0.2, -0.15) is 0 Å². The second kappa shape index (κ2) is 6.03. The summed E-state index contributed by atoms with van der Waals surface area (Å²) in [7, 11) is 0. The van der Waals surface area contributed by atoms with Crippen molar-refractivity contribution in [3.05, 3.63) is 29.6 Å². The van der Waals surface area contributed by atoms with E-state index in [-0.39, 0.29) is 0 Å². The van der Waals surface area contributed by atoms with E-state index in [0.717, 1.165) is 5.69 Å². The monoisotopic (exact) mass is 219 g/mol. The van der Waals surface area contributed by atoms with Gasteiger partial charge in [-0.15, -0.1) is 0 Å². The molecule has 0 aromatic carbocycles. The van der Waals surface area contributed by atoms with E-state index in [4.69, 9.17) is 0 Å². The van der Waals surface area contributed by atoms with E-state index in [0.29, 0.717) is 5.41 Å². The standard InChI is InChI=1S/C15H25N/c1-5-7-10-15(4,9-6-2)14-8-11-16-13(3)12-14/h8,11-12H,5-7,9-10H2,1-4H3. The van der Waals surface area contributed by atoms with E-state index in [1.165, 1.54) is 37.7 Å². The Morgan fingerprint density at radius 2 is 1.94 bits per heavy atom. The average molecular weight is 219 g/mol. The molecule has 0 amide bonds. The number of rotatable bonds is 6. The van der Waals surface area contributed by atoms with Crippen LogP contribution in [-0.2, 0) is 5.41 Å². The normalized spacial score (nSPS) is 14.8. The van der Waals surface area contributed by atoms with E-state index < -0.39 is 0 Å². The van der Waals surface area contributed by atoms with Crippen molar-refractivity contribution in [3.8, 4) is 0 Å². The molecule has 0 radical (unpaired) electrons. The van der Waals surface area contributed by atoms with Gasteiger partial charge in [0.1, 0.15) is 0 Å². The molecule has 0 bridgehead atoms. The van der Waals surface area contributed by atoms with Gasteiger partial charge in [0, 0.05) is 11.9 Å². The molecule has 1 heteroatoms. The lowest BCUT2D eigenvalue weighted by Crippen LogP contribution is -2.22. The van der Waals surface area contributed by atoms with Gasteiger partial charge in [0.05, 0.1) is 0 Å². The molecule has 1 unspecified atom stereocenters. The third kappa shape index (κ3) is 3.33. The lowest BCUT2D eigenvalue weighted by molar-refractivity contribution is 0.382. The number of pyridine rings is 1. The van der Waals surface area contributed by atoms with Gasteiger partial charge in [0.25, 0.3) is 0 Å². The molecule has 0 saturated carbocycles. The topological polar surface area (TPSA) is 12.9 Å². The van der Waals surface area contributed by atoms with E-state index in [1.807, 2.05) is 6.20 Å². The smallest absolute Gasteiger partial charge is 0.0375 e. The first-order valence-electron chi connectivity index (χ1n) is 6.55. The zero-order chi connectivity index (χ0) is 12.0. The third-order valence-corrected chi connectivity index (χ3v) is 3.48. The number of aromatic nitrogens is 1. The van der Waals surface area contributed by atoms with Gasteiger partial charge >= 0.3 is 0 Å². The Bertz CT molecular complexity index is 319. The fourth-order valence-electron chi connectivity index (χ4n) is 2.45. The minimum absolute atomic E-state index is 0.346. The molecule has 1 nitrogen and oxygen atoms in total. The molecule has 1 aromatic heterocycles. The molecule has 0 aliphatic rings. The second-order valence-corrected chi connectivity index (χ2v) is 5.10. The zero-order valence-corrected chi connectivity index (χ0v) is 11.2. The number of hydrogen-bond donors (Lipinski definition) is 0. The first-order valence-corrected chi connectivity index (χ1v) is 6.55. The minimum atomic E-state index is 0.346. The molecule has 0 saturated heterocycles. The Kier molecular flexibility index (Phi) is 4.98. The van der Waals surface area contributed by atoms with Crippen LogP contribution in [0.3, 0.4) is 0 Å². The number of aryl methyl sites for hydroxylation is 1. The van der Waals surface area contributed by atoms with Gasteiger partial charge in [-0.3, -0.25) is 4.98 Å². The quantitative estimate of drug-likeness (QED) is 0.679. The van der Waals surface area contributed by atoms with Crippen molar-refractivity contribution in [1.82, 2.24) is 4.98 Å². The van der Waals surface area contributed by atoms with Crippen molar-refractivity contribution < 1.29 is 0 Å². The number of nitrogens with zero attached hydrogens (tertiary/aromatic N) is 1. The zero-order valence-electron chi connectivity index (χ0n) is 11.2. The predicted octanol–water partition coefficient (Wildman–Crippen LogP) is 4.64. The van der Waals surface area contributed by atoms with E-state index in [2.05, 4.69) is 44.8 Å². The van der Waals surface area contributed by atoms with E-state index >= 15 is 0 Å². The van der Waals surface area contributed by atoms with Gasteiger partial charge < -0.3 is 0 Å². The summed E-state index contributed by atoms with van der Waals surface area (Å²) in [6, 6.07) is 4.45. The molecule has 0 spiro atoms. The van der Waals surface area contributed by atoms with Crippen LogP contribution in [0.1, 0.15) is 64.1 Å². The van der Waals surface area contributed by atoms with Crippen LogP contribution in [0.15, 0.2) is 18.3 Å². The second-order valence-electron chi connectivity index (χ2n) is 5.10.